The van der Waals surface area contributed by atoms with Gasteiger partial charge in [-0.05, 0) is 31.9 Å². The van der Waals surface area contributed by atoms with E-state index < -0.39 is 0 Å². The predicted molar refractivity (Wildman–Crippen MR) is 65.7 cm³/mol. The molecule has 0 radical (unpaired) electrons. The Bertz CT molecular complexity index is 468. The summed E-state index contributed by atoms with van der Waals surface area (Å²) in [6.07, 6.45) is 1.01. The quantitative estimate of drug-likeness (QED) is 0.812. The van der Waals surface area contributed by atoms with Crippen LogP contribution in [0.4, 0.5) is 5.69 Å². The van der Waals surface area contributed by atoms with Gasteiger partial charge in [-0.1, -0.05) is 17.7 Å². The van der Waals surface area contributed by atoms with Gasteiger partial charge < -0.3 is 10.6 Å². The normalized spacial score (nSPS) is 18.9. The summed E-state index contributed by atoms with van der Waals surface area (Å²) < 4.78 is 0. The van der Waals surface area contributed by atoms with Crippen molar-refractivity contribution in [1.29, 1.82) is 0 Å². The molecule has 4 heteroatoms. The van der Waals surface area contributed by atoms with Crippen molar-refractivity contribution in [2.24, 2.45) is 0 Å². The minimum absolute atomic E-state index is 0.0502. The first-order valence-corrected chi connectivity index (χ1v) is 5.74. The van der Waals surface area contributed by atoms with Crippen LogP contribution in [0.15, 0.2) is 18.2 Å². The van der Waals surface area contributed by atoms with Crippen molar-refractivity contribution in [2.45, 2.75) is 32.7 Å². The zero-order valence-electron chi connectivity index (χ0n) is 10.0. The van der Waals surface area contributed by atoms with E-state index in [-0.39, 0.29) is 17.9 Å². The van der Waals surface area contributed by atoms with Crippen LogP contribution in [-0.4, -0.2) is 17.9 Å². The second kappa shape index (κ2) is 4.57. The largest absolute Gasteiger partial charge is 0.344 e. The van der Waals surface area contributed by atoms with Crippen molar-refractivity contribution in [1.82, 2.24) is 5.32 Å². The van der Waals surface area contributed by atoms with Gasteiger partial charge in [0.15, 0.2) is 0 Å². The van der Waals surface area contributed by atoms with E-state index in [1.165, 1.54) is 0 Å². The lowest BCUT2D eigenvalue weighted by molar-refractivity contribution is -0.122. The minimum Gasteiger partial charge on any atom is -0.344 e. The number of rotatable bonds is 2. The van der Waals surface area contributed by atoms with Crippen molar-refractivity contribution in [3.05, 3.63) is 29.3 Å². The van der Waals surface area contributed by atoms with Gasteiger partial charge in [0.2, 0.25) is 11.8 Å². The van der Waals surface area contributed by atoms with E-state index in [9.17, 15) is 9.59 Å². The highest BCUT2D eigenvalue weighted by Crippen LogP contribution is 2.17. The summed E-state index contributed by atoms with van der Waals surface area (Å²) in [4.78, 5) is 22.9. The average Bonchev–Trinajstić information content (AvgIpc) is 2.69. The highest BCUT2D eigenvalue weighted by Gasteiger charge is 2.27. The van der Waals surface area contributed by atoms with Crippen LogP contribution in [0.1, 0.15) is 24.0 Å². The van der Waals surface area contributed by atoms with Crippen LogP contribution in [-0.2, 0) is 9.59 Å². The van der Waals surface area contributed by atoms with E-state index in [2.05, 4.69) is 10.6 Å². The molecule has 2 amide bonds. The summed E-state index contributed by atoms with van der Waals surface area (Å²) in [7, 11) is 0. The molecule has 1 fully saturated rings. The number of anilines is 1. The standard InChI is InChI=1S/C13H16N2O2/c1-8-3-4-10(9(2)7-8)15-13(17)11-5-6-12(16)14-11/h3-4,7,11H,5-6H2,1-2H3,(H,14,16)(H,15,17)/t11-/m0/s1. The van der Waals surface area contributed by atoms with E-state index in [1.807, 2.05) is 32.0 Å². The van der Waals surface area contributed by atoms with Gasteiger partial charge in [0.1, 0.15) is 6.04 Å². The molecule has 4 nitrogen and oxygen atoms in total. The van der Waals surface area contributed by atoms with Crippen LogP contribution in [0.3, 0.4) is 0 Å². The maximum Gasteiger partial charge on any atom is 0.246 e. The molecule has 2 N–H and O–H groups in total. The van der Waals surface area contributed by atoms with E-state index in [0.717, 1.165) is 16.8 Å². The third-order valence-electron chi connectivity index (χ3n) is 2.95. The highest BCUT2D eigenvalue weighted by atomic mass is 16.2. The lowest BCUT2D eigenvalue weighted by Gasteiger charge is -2.13. The number of aryl methyl sites for hydroxylation is 2. The van der Waals surface area contributed by atoms with Gasteiger partial charge in [-0.3, -0.25) is 9.59 Å². The predicted octanol–water partition coefficient (Wildman–Crippen LogP) is 1.52. The molecule has 0 saturated carbocycles. The molecule has 0 spiro atoms. The molecule has 1 saturated heterocycles. The molecule has 1 aromatic rings. The summed E-state index contributed by atoms with van der Waals surface area (Å²) in [6.45, 7) is 3.96. The molecule has 1 aromatic carbocycles. The molecule has 0 aliphatic carbocycles. The molecule has 1 atom stereocenters. The van der Waals surface area contributed by atoms with E-state index >= 15 is 0 Å². The maximum atomic E-state index is 11.9. The number of nitrogens with one attached hydrogen (secondary N) is 2. The fraction of sp³-hybridized carbons (Fsp3) is 0.385. The lowest BCUT2D eigenvalue weighted by atomic mass is 10.1. The second-order valence-corrected chi connectivity index (χ2v) is 4.47. The topological polar surface area (TPSA) is 58.2 Å². The molecule has 1 heterocycles. The second-order valence-electron chi connectivity index (χ2n) is 4.47. The first-order valence-electron chi connectivity index (χ1n) is 5.74. The van der Waals surface area contributed by atoms with Gasteiger partial charge >= 0.3 is 0 Å². The van der Waals surface area contributed by atoms with Crippen LogP contribution in [0.2, 0.25) is 0 Å². The van der Waals surface area contributed by atoms with Crippen molar-refractivity contribution in [3.8, 4) is 0 Å². The zero-order chi connectivity index (χ0) is 12.4. The molecule has 1 aliphatic heterocycles. The smallest absolute Gasteiger partial charge is 0.246 e. The van der Waals surface area contributed by atoms with Crippen molar-refractivity contribution in [2.75, 3.05) is 5.32 Å². The minimum atomic E-state index is -0.386. The summed E-state index contributed by atoms with van der Waals surface area (Å²) >= 11 is 0. The zero-order valence-corrected chi connectivity index (χ0v) is 10.0. The monoisotopic (exact) mass is 232 g/mol. The Morgan fingerprint density at radius 1 is 1.41 bits per heavy atom. The van der Waals surface area contributed by atoms with Crippen LogP contribution in [0, 0.1) is 13.8 Å². The van der Waals surface area contributed by atoms with Crippen LogP contribution in [0.5, 0.6) is 0 Å². The molecule has 1 aliphatic rings. The van der Waals surface area contributed by atoms with Crippen molar-refractivity contribution >= 4 is 17.5 Å². The Labute approximate surface area is 100 Å². The number of carbonyl (C=O) groups is 2. The fourth-order valence-corrected chi connectivity index (χ4v) is 1.98. The first kappa shape index (κ1) is 11.6. The molecule has 17 heavy (non-hydrogen) atoms. The Kier molecular flexibility index (Phi) is 3.13. The third kappa shape index (κ3) is 2.64. The number of hydrogen-bond donors (Lipinski definition) is 2. The van der Waals surface area contributed by atoms with E-state index in [1.54, 1.807) is 0 Å². The number of benzene rings is 1. The number of hydrogen-bond acceptors (Lipinski definition) is 2. The third-order valence-corrected chi connectivity index (χ3v) is 2.95. The van der Waals surface area contributed by atoms with Crippen LogP contribution in [0.25, 0.3) is 0 Å². The van der Waals surface area contributed by atoms with E-state index in [4.69, 9.17) is 0 Å². The summed E-state index contributed by atoms with van der Waals surface area (Å²) in [5.74, 6) is -0.186. The summed E-state index contributed by atoms with van der Waals surface area (Å²) in [5, 5.41) is 5.50. The SMILES string of the molecule is Cc1ccc(NC(=O)[C@@H]2CCC(=O)N2)c(C)c1. The fourth-order valence-electron chi connectivity index (χ4n) is 1.98. The van der Waals surface area contributed by atoms with Crippen molar-refractivity contribution in [3.63, 3.8) is 0 Å². The van der Waals surface area contributed by atoms with E-state index in [0.29, 0.717) is 12.8 Å². The first-order chi connectivity index (χ1) is 8.06. The van der Waals surface area contributed by atoms with Gasteiger partial charge in [-0.25, -0.2) is 0 Å². The summed E-state index contributed by atoms with van der Waals surface area (Å²) in [6, 6.07) is 5.47. The molecule has 2 rings (SSSR count). The Morgan fingerprint density at radius 3 is 2.76 bits per heavy atom. The lowest BCUT2D eigenvalue weighted by Crippen LogP contribution is -2.37. The molecule has 0 unspecified atom stereocenters. The molecule has 0 bridgehead atoms. The number of amides is 2. The van der Waals surface area contributed by atoms with Crippen LogP contribution < -0.4 is 10.6 Å². The Balaban J connectivity index is 2.05. The Morgan fingerprint density at radius 2 is 2.18 bits per heavy atom. The average molecular weight is 232 g/mol. The highest BCUT2D eigenvalue weighted by molar-refractivity contribution is 5.99. The maximum absolute atomic E-state index is 11.9. The van der Waals surface area contributed by atoms with Gasteiger partial charge in [0, 0.05) is 12.1 Å². The van der Waals surface area contributed by atoms with Crippen LogP contribution >= 0.6 is 0 Å². The molecule has 0 aromatic heterocycles. The van der Waals surface area contributed by atoms with Gasteiger partial charge in [-0.15, -0.1) is 0 Å². The van der Waals surface area contributed by atoms with Crippen molar-refractivity contribution < 1.29 is 9.59 Å². The van der Waals surface area contributed by atoms with Gasteiger partial charge in [-0.2, -0.15) is 0 Å². The Hall–Kier alpha value is -1.84. The van der Waals surface area contributed by atoms with Gasteiger partial charge in [0.05, 0.1) is 0 Å². The molecular weight excluding hydrogens is 216 g/mol. The summed E-state index contributed by atoms with van der Waals surface area (Å²) in [5.41, 5.74) is 3.00. The molecular formula is C13H16N2O2. The number of carbonyl (C=O) groups excluding carboxylic acids is 2. The molecule has 90 valence electrons. The van der Waals surface area contributed by atoms with Gasteiger partial charge in [0.25, 0.3) is 0 Å².